The molecule has 0 unspecified atom stereocenters. The van der Waals surface area contributed by atoms with Gasteiger partial charge in [0.25, 0.3) is 0 Å². The number of amidine groups is 1. The van der Waals surface area contributed by atoms with Gasteiger partial charge in [0.05, 0.1) is 6.61 Å². The van der Waals surface area contributed by atoms with Crippen LogP contribution in [-0.4, -0.2) is 56.3 Å². The van der Waals surface area contributed by atoms with Crippen molar-refractivity contribution in [3.63, 3.8) is 0 Å². The molecule has 0 aromatic rings. The topological polar surface area (TPSA) is 138 Å². The third-order valence-corrected chi connectivity index (χ3v) is 3.42. The van der Waals surface area contributed by atoms with Crippen LogP contribution in [0.2, 0.25) is 0 Å². The third kappa shape index (κ3) is 1.18. The molecule has 0 aliphatic carbocycles. The van der Waals surface area contributed by atoms with Crippen LogP contribution in [0.3, 0.4) is 0 Å². The van der Waals surface area contributed by atoms with Gasteiger partial charge in [0.15, 0.2) is 5.72 Å². The predicted octanol–water partition coefficient (Wildman–Crippen LogP) is -2.88. The van der Waals surface area contributed by atoms with Crippen molar-refractivity contribution in [1.29, 1.82) is 0 Å². The summed E-state index contributed by atoms with van der Waals surface area (Å²) in [6, 6.07) is 0. The van der Waals surface area contributed by atoms with E-state index in [0.717, 1.165) is 0 Å². The molecule has 98 valence electrons. The number of nitrogens with two attached hydrogens (primary N) is 2. The van der Waals surface area contributed by atoms with Gasteiger partial charge < -0.3 is 25.8 Å². The Morgan fingerprint density at radius 2 is 2.17 bits per heavy atom. The molecule has 8 heteroatoms. The Kier molecular flexibility index (Phi) is 2.14. The molecule has 0 saturated carbocycles. The van der Waals surface area contributed by atoms with Crippen LogP contribution in [0, 0.1) is 0 Å². The maximum Gasteiger partial charge on any atom is 0.200 e. The van der Waals surface area contributed by atoms with E-state index in [1.165, 1.54) is 17.1 Å². The Morgan fingerprint density at radius 1 is 1.44 bits per heavy atom. The first-order chi connectivity index (χ1) is 8.43. The van der Waals surface area contributed by atoms with Gasteiger partial charge in [-0.2, -0.15) is 0 Å². The summed E-state index contributed by atoms with van der Waals surface area (Å²) in [5.74, 6) is 0.838. The average Bonchev–Trinajstić information content (AvgIpc) is 2.53. The number of aliphatic hydroxyl groups is 3. The first kappa shape index (κ1) is 11.6. The van der Waals surface area contributed by atoms with Crippen LogP contribution in [0.4, 0.5) is 0 Å². The molecule has 3 aliphatic heterocycles. The normalized spacial score (nSPS) is 45.7. The standard InChI is InChI=1S/C10H14N4O4/c11-5-1-2-14-6(13-5)3-10(14)8(17)7(16)9(12,4-15)18-10/h1-3,7-8,15-17H,4,12H2,(H2,11,13)/t7-,8+,9+,10+/m0/s1. The summed E-state index contributed by atoms with van der Waals surface area (Å²) in [6.07, 6.45) is 1.93. The van der Waals surface area contributed by atoms with Crippen LogP contribution < -0.4 is 11.5 Å². The Labute approximate surface area is 102 Å². The van der Waals surface area contributed by atoms with Crippen LogP contribution in [0.1, 0.15) is 0 Å². The van der Waals surface area contributed by atoms with Gasteiger partial charge in [-0.3, -0.25) is 10.6 Å². The van der Waals surface area contributed by atoms with Gasteiger partial charge in [0, 0.05) is 12.3 Å². The average molecular weight is 254 g/mol. The van der Waals surface area contributed by atoms with Crippen LogP contribution in [0.5, 0.6) is 0 Å². The Balaban J connectivity index is 1.99. The van der Waals surface area contributed by atoms with Crippen LogP contribution in [-0.2, 0) is 4.74 Å². The van der Waals surface area contributed by atoms with Crippen molar-refractivity contribution in [1.82, 2.24) is 4.90 Å². The first-order valence-electron chi connectivity index (χ1n) is 5.43. The molecular formula is C10H14N4O4. The highest BCUT2D eigenvalue weighted by molar-refractivity contribution is 5.93. The van der Waals surface area contributed by atoms with Gasteiger partial charge >= 0.3 is 0 Å². The molecule has 0 aromatic carbocycles. The van der Waals surface area contributed by atoms with Crippen molar-refractivity contribution in [3.8, 4) is 0 Å². The molecule has 3 aliphatic rings. The summed E-state index contributed by atoms with van der Waals surface area (Å²) in [6.45, 7) is -0.612. The Bertz CT molecular complexity index is 490. The van der Waals surface area contributed by atoms with Gasteiger partial charge in [-0.05, 0) is 6.08 Å². The molecule has 4 atom stereocenters. The van der Waals surface area contributed by atoms with E-state index in [1.54, 1.807) is 6.20 Å². The minimum Gasteiger partial charge on any atom is -0.392 e. The molecule has 0 bridgehead atoms. The molecule has 1 spiro atoms. The lowest BCUT2D eigenvalue weighted by Crippen LogP contribution is -2.60. The molecular weight excluding hydrogens is 240 g/mol. The van der Waals surface area contributed by atoms with Gasteiger partial charge in [0.2, 0.25) is 5.72 Å². The quantitative estimate of drug-likeness (QED) is 0.339. The fourth-order valence-electron chi connectivity index (χ4n) is 2.39. The van der Waals surface area contributed by atoms with Crippen LogP contribution in [0.15, 0.2) is 29.2 Å². The fourth-order valence-corrected chi connectivity index (χ4v) is 2.39. The zero-order valence-electron chi connectivity index (χ0n) is 9.39. The van der Waals surface area contributed by atoms with Crippen LogP contribution >= 0.6 is 0 Å². The number of fused-ring (bicyclic) bond motifs is 2. The molecule has 0 amide bonds. The minimum atomic E-state index is -1.71. The lowest BCUT2D eigenvalue weighted by molar-refractivity contribution is -0.185. The van der Waals surface area contributed by atoms with Gasteiger partial charge in [0.1, 0.15) is 23.9 Å². The molecule has 7 N–H and O–H groups in total. The lowest BCUT2D eigenvalue weighted by Gasteiger charge is -2.48. The molecule has 0 radical (unpaired) electrons. The highest BCUT2D eigenvalue weighted by atomic mass is 16.6. The second kappa shape index (κ2) is 3.31. The molecule has 1 saturated heterocycles. The van der Waals surface area contributed by atoms with E-state index in [9.17, 15) is 15.3 Å². The maximum absolute atomic E-state index is 10.1. The van der Waals surface area contributed by atoms with Crippen molar-refractivity contribution in [2.24, 2.45) is 16.5 Å². The lowest BCUT2D eigenvalue weighted by atomic mass is 9.94. The highest BCUT2D eigenvalue weighted by Crippen LogP contribution is 2.48. The summed E-state index contributed by atoms with van der Waals surface area (Å²) < 4.78 is 5.47. The summed E-state index contributed by atoms with van der Waals surface area (Å²) in [4.78, 5) is 5.54. The summed E-state index contributed by atoms with van der Waals surface area (Å²) >= 11 is 0. The zero-order chi connectivity index (χ0) is 13.1. The van der Waals surface area contributed by atoms with Crippen molar-refractivity contribution >= 4 is 5.84 Å². The number of hydrogen-bond donors (Lipinski definition) is 5. The van der Waals surface area contributed by atoms with Crippen molar-refractivity contribution < 1.29 is 20.1 Å². The van der Waals surface area contributed by atoms with Crippen molar-refractivity contribution in [3.05, 3.63) is 24.2 Å². The molecule has 3 rings (SSSR count). The summed E-state index contributed by atoms with van der Waals surface area (Å²) in [5, 5.41) is 29.1. The largest absolute Gasteiger partial charge is 0.392 e. The van der Waals surface area contributed by atoms with Crippen LogP contribution in [0.25, 0.3) is 0 Å². The van der Waals surface area contributed by atoms with Gasteiger partial charge in [-0.1, -0.05) is 0 Å². The number of aliphatic hydroxyl groups excluding tert-OH is 3. The van der Waals surface area contributed by atoms with E-state index < -0.39 is 30.3 Å². The summed E-state index contributed by atoms with van der Waals surface area (Å²) in [7, 11) is 0. The van der Waals surface area contributed by atoms with Crippen molar-refractivity contribution in [2.75, 3.05) is 6.61 Å². The number of rotatable bonds is 1. The van der Waals surface area contributed by atoms with E-state index >= 15 is 0 Å². The van der Waals surface area contributed by atoms with Gasteiger partial charge in [-0.15, -0.1) is 0 Å². The number of hydrogen-bond acceptors (Lipinski definition) is 8. The van der Waals surface area contributed by atoms with E-state index in [2.05, 4.69) is 4.99 Å². The second-order valence-corrected chi connectivity index (χ2v) is 4.58. The smallest absolute Gasteiger partial charge is 0.200 e. The zero-order valence-corrected chi connectivity index (χ0v) is 9.39. The van der Waals surface area contributed by atoms with E-state index in [4.69, 9.17) is 16.2 Å². The summed E-state index contributed by atoms with van der Waals surface area (Å²) in [5.41, 5.74) is 8.23. The molecule has 3 heterocycles. The first-order valence-corrected chi connectivity index (χ1v) is 5.43. The third-order valence-electron chi connectivity index (χ3n) is 3.42. The molecule has 1 fully saturated rings. The fraction of sp³-hybridized carbons (Fsp3) is 0.500. The van der Waals surface area contributed by atoms with Crippen molar-refractivity contribution in [2.45, 2.75) is 23.7 Å². The molecule has 18 heavy (non-hydrogen) atoms. The minimum absolute atomic E-state index is 0.335. The number of aliphatic imine (C=N–C) groups is 1. The number of nitrogens with zero attached hydrogens (tertiary/aromatic N) is 2. The monoisotopic (exact) mass is 254 g/mol. The second-order valence-electron chi connectivity index (χ2n) is 4.58. The number of ether oxygens (including phenoxy) is 1. The van der Waals surface area contributed by atoms with E-state index in [1.807, 2.05) is 0 Å². The predicted molar refractivity (Wildman–Crippen MR) is 60.5 cm³/mol. The maximum atomic E-state index is 10.1. The van der Waals surface area contributed by atoms with Gasteiger partial charge in [-0.25, -0.2) is 4.99 Å². The SMILES string of the molecule is NC1=NC2=C[C@]3(O[C@](N)(CO)[C@@H](O)[C@H]3O)N2C=C1. The Morgan fingerprint density at radius 3 is 2.72 bits per heavy atom. The van der Waals surface area contributed by atoms with E-state index in [-0.39, 0.29) is 0 Å². The van der Waals surface area contributed by atoms with E-state index in [0.29, 0.717) is 11.7 Å². The molecule has 8 nitrogen and oxygen atoms in total. The highest BCUT2D eigenvalue weighted by Gasteiger charge is 2.66. The Hall–Kier alpha value is -1.45. The molecule has 0 aromatic heterocycles.